The van der Waals surface area contributed by atoms with E-state index < -0.39 is 10.8 Å². The van der Waals surface area contributed by atoms with Crippen LogP contribution in [0.4, 0.5) is 11.5 Å². The van der Waals surface area contributed by atoms with Crippen molar-refractivity contribution in [2.75, 3.05) is 5.32 Å². The highest BCUT2D eigenvalue weighted by Gasteiger charge is 2.23. The standard InChI is InChI=1S/C21H16N4O3/c1-14-8-7-13-24-19(14)22-18(15-9-3-2-4-10-15)20(24)23-21(26)16-11-5-6-12-17(16)25(27)28/h2-13H,1H3,(H,23,26). The maximum absolute atomic E-state index is 12.9. The topological polar surface area (TPSA) is 89.5 Å². The maximum atomic E-state index is 12.9. The first-order valence-corrected chi connectivity index (χ1v) is 8.64. The molecule has 2 aromatic heterocycles. The molecule has 2 heterocycles. The van der Waals surface area contributed by atoms with Gasteiger partial charge in [0.15, 0.2) is 0 Å². The fraction of sp³-hybridized carbons (Fsp3) is 0.0476. The SMILES string of the molecule is Cc1cccn2c(NC(=O)c3ccccc3[N+](=O)[O-])c(-c3ccccc3)nc12. The Bertz CT molecular complexity index is 1200. The lowest BCUT2D eigenvalue weighted by Gasteiger charge is -2.08. The lowest BCUT2D eigenvalue weighted by Crippen LogP contribution is -2.15. The van der Waals surface area contributed by atoms with Crippen molar-refractivity contribution in [3.05, 3.63) is 94.2 Å². The molecule has 0 spiro atoms. The van der Waals surface area contributed by atoms with Gasteiger partial charge in [0.1, 0.15) is 22.7 Å². The minimum atomic E-state index is -0.564. The third-order valence-corrected chi connectivity index (χ3v) is 4.47. The summed E-state index contributed by atoms with van der Waals surface area (Å²) in [6.07, 6.45) is 1.80. The molecular formula is C21H16N4O3. The van der Waals surface area contributed by atoms with Crippen LogP contribution in [-0.4, -0.2) is 20.2 Å². The summed E-state index contributed by atoms with van der Waals surface area (Å²) in [5, 5.41) is 14.1. The molecule has 4 aromatic rings. The van der Waals surface area contributed by atoms with E-state index in [2.05, 4.69) is 5.32 Å². The van der Waals surface area contributed by atoms with Gasteiger partial charge in [-0.2, -0.15) is 0 Å². The van der Waals surface area contributed by atoms with Crippen LogP contribution >= 0.6 is 0 Å². The predicted molar refractivity (Wildman–Crippen MR) is 106 cm³/mol. The first-order valence-electron chi connectivity index (χ1n) is 8.64. The number of nitro groups is 1. The van der Waals surface area contributed by atoms with Gasteiger partial charge in [-0.1, -0.05) is 48.5 Å². The third-order valence-electron chi connectivity index (χ3n) is 4.47. The molecule has 0 unspecified atom stereocenters. The van der Waals surface area contributed by atoms with Gasteiger partial charge in [0, 0.05) is 17.8 Å². The highest BCUT2D eigenvalue weighted by molar-refractivity contribution is 6.08. The number of rotatable bonds is 4. The normalized spacial score (nSPS) is 10.8. The fourth-order valence-electron chi connectivity index (χ4n) is 3.12. The van der Waals surface area contributed by atoms with E-state index in [0.29, 0.717) is 17.2 Å². The second-order valence-electron chi connectivity index (χ2n) is 6.29. The van der Waals surface area contributed by atoms with Gasteiger partial charge in [-0.15, -0.1) is 0 Å². The number of imidazole rings is 1. The Balaban J connectivity index is 1.86. The molecule has 1 amide bonds. The number of aryl methyl sites for hydroxylation is 1. The summed E-state index contributed by atoms with van der Waals surface area (Å²) in [5.41, 5.74) is 2.84. The number of nitro benzene ring substituents is 1. The molecule has 28 heavy (non-hydrogen) atoms. The Morgan fingerprint density at radius 2 is 1.75 bits per heavy atom. The zero-order valence-corrected chi connectivity index (χ0v) is 15.0. The largest absolute Gasteiger partial charge is 0.306 e. The Labute approximate surface area is 160 Å². The number of para-hydroxylation sites is 1. The summed E-state index contributed by atoms with van der Waals surface area (Å²) in [7, 11) is 0. The molecule has 0 aliphatic heterocycles. The number of nitrogens with zero attached hydrogens (tertiary/aromatic N) is 3. The fourth-order valence-corrected chi connectivity index (χ4v) is 3.12. The first kappa shape index (κ1) is 17.4. The molecule has 0 bridgehead atoms. The molecular weight excluding hydrogens is 356 g/mol. The lowest BCUT2D eigenvalue weighted by atomic mass is 10.1. The molecule has 0 radical (unpaired) electrons. The van der Waals surface area contributed by atoms with E-state index in [1.807, 2.05) is 49.4 Å². The van der Waals surface area contributed by atoms with E-state index in [-0.39, 0.29) is 11.3 Å². The lowest BCUT2D eigenvalue weighted by molar-refractivity contribution is -0.385. The summed E-state index contributed by atoms with van der Waals surface area (Å²) in [4.78, 5) is 28.3. The quantitative estimate of drug-likeness (QED) is 0.423. The number of hydrogen-bond acceptors (Lipinski definition) is 4. The van der Waals surface area contributed by atoms with Gasteiger partial charge in [0.2, 0.25) is 0 Å². The van der Waals surface area contributed by atoms with Crippen molar-refractivity contribution in [1.82, 2.24) is 9.38 Å². The van der Waals surface area contributed by atoms with Crippen molar-refractivity contribution in [3.8, 4) is 11.3 Å². The van der Waals surface area contributed by atoms with E-state index in [1.165, 1.54) is 18.2 Å². The van der Waals surface area contributed by atoms with E-state index in [0.717, 1.165) is 11.1 Å². The number of amides is 1. The summed E-state index contributed by atoms with van der Waals surface area (Å²) >= 11 is 0. The van der Waals surface area contributed by atoms with Crippen LogP contribution in [0.15, 0.2) is 72.9 Å². The van der Waals surface area contributed by atoms with Crippen LogP contribution in [0.3, 0.4) is 0 Å². The number of carbonyl (C=O) groups is 1. The van der Waals surface area contributed by atoms with Crippen molar-refractivity contribution < 1.29 is 9.72 Å². The van der Waals surface area contributed by atoms with Gasteiger partial charge in [0.05, 0.1) is 4.92 Å². The average molecular weight is 372 g/mol. The molecule has 0 fully saturated rings. The first-order chi connectivity index (χ1) is 13.6. The summed E-state index contributed by atoms with van der Waals surface area (Å²) in [5.74, 6) is -0.0964. The highest BCUT2D eigenvalue weighted by Crippen LogP contribution is 2.30. The van der Waals surface area contributed by atoms with Gasteiger partial charge in [-0.3, -0.25) is 19.3 Å². The van der Waals surface area contributed by atoms with Crippen LogP contribution in [0.2, 0.25) is 0 Å². The molecule has 0 saturated heterocycles. The van der Waals surface area contributed by atoms with Crippen LogP contribution in [-0.2, 0) is 0 Å². The van der Waals surface area contributed by atoms with E-state index in [4.69, 9.17) is 4.98 Å². The van der Waals surface area contributed by atoms with Crippen molar-refractivity contribution in [2.24, 2.45) is 0 Å². The van der Waals surface area contributed by atoms with Gasteiger partial charge in [-0.25, -0.2) is 4.98 Å². The van der Waals surface area contributed by atoms with Crippen molar-refractivity contribution in [1.29, 1.82) is 0 Å². The molecule has 0 atom stereocenters. The number of hydrogen-bond donors (Lipinski definition) is 1. The van der Waals surface area contributed by atoms with E-state index in [9.17, 15) is 14.9 Å². The van der Waals surface area contributed by atoms with Gasteiger partial charge in [0.25, 0.3) is 11.6 Å². The Hall–Kier alpha value is -4.00. The molecule has 7 nitrogen and oxygen atoms in total. The zero-order valence-electron chi connectivity index (χ0n) is 15.0. The molecule has 0 saturated carbocycles. The second kappa shape index (κ2) is 6.96. The van der Waals surface area contributed by atoms with Crippen molar-refractivity contribution in [3.63, 3.8) is 0 Å². The van der Waals surface area contributed by atoms with Crippen LogP contribution in [0.5, 0.6) is 0 Å². The third kappa shape index (κ3) is 2.99. The number of fused-ring (bicyclic) bond motifs is 1. The summed E-state index contributed by atoms with van der Waals surface area (Å²) in [6, 6.07) is 19.1. The van der Waals surface area contributed by atoms with Gasteiger partial charge < -0.3 is 5.32 Å². The molecule has 4 rings (SSSR count). The molecule has 138 valence electrons. The summed E-state index contributed by atoms with van der Waals surface area (Å²) < 4.78 is 1.78. The zero-order chi connectivity index (χ0) is 19.7. The van der Waals surface area contributed by atoms with E-state index >= 15 is 0 Å². The van der Waals surface area contributed by atoms with Gasteiger partial charge in [-0.05, 0) is 24.6 Å². The number of aromatic nitrogens is 2. The highest BCUT2D eigenvalue weighted by atomic mass is 16.6. The van der Waals surface area contributed by atoms with Crippen LogP contribution in [0.25, 0.3) is 16.9 Å². The van der Waals surface area contributed by atoms with Crippen molar-refractivity contribution in [2.45, 2.75) is 6.92 Å². The monoisotopic (exact) mass is 372 g/mol. The minimum Gasteiger partial charge on any atom is -0.306 e. The van der Waals surface area contributed by atoms with Crippen molar-refractivity contribution >= 4 is 23.1 Å². The molecule has 2 aromatic carbocycles. The molecule has 0 aliphatic rings. The smallest absolute Gasteiger partial charge is 0.282 e. The number of anilines is 1. The van der Waals surface area contributed by atoms with E-state index in [1.54, 1.807) is 16.7 Å². The minimum absolute atomic E-state index is 0.00545. The number of benzene rings is 2. The van der Waals surface area contributed by atoms with Crippen LogP contribution in [0, 0.1) is 17.0 Å². The molecule has 1 N–H and O–H groups in total. The molecule has 0 aliphatic carbocycles. The second-order valence-corrected chi connectivity index (χ2v) is 6.29. The number of carbonyl (C=O) groups excluding carboxylic acids is 1. The summed E-state index contributed by atoms with van der Waals surface area (Å²) in [6.45, 7) is 1.94. The Morgan fingerprint density at radius 1 is 1.04 bits per heavy atom. The Kier molecular flexibility index (Phi) is 4.33. The maximum Gasteiger partial charge on any atom is 0.282 e. The molecule has 7 heteroatoms. The number of pyridine rings is 1. The number of nitrogens with one attached hydrogen (secondary N) is 1. The average Bonchev–Trinajstić information content (AvgIpc) is 3.08. The van der Waals surface area contributed by atoms with Gasteiger partial charge >= 0.3 is 0 Å². The predicted octanol–water partition coefficient (Wildman–Crippen LogP) is 4.47. The Morgan fingerprint density at radius 3 is 2.50 bits per heavy atom. The van der Waals surface area contributed by atoms with Crippen LogP contribution in [0.1, 0.15) is 15.9 Å². The van der Waals surface area contributed by atoms with Crippen LogP contribution < -0.4 is 5.32 Å².